The minimum atomic E-state index is -4.49. The third kappa shape index (κ3) is 4.72. The predicted molar refractivity (Wildman–Crippen MR) is 121 cm³/mol. The lowest BCUT2D eigenvalue weighted by Crippen LogP contribution is -2.19. The summed E-state index contributed by atoms with van der Waals surface area (Å²) < 4.78 is 46.1. The van der Waals surface area contributed by atoms with Gasteiger partial charge in [0.25, 0.3) is 0 Å². The Kier molecular flexibility index (Phi) is 6.26. The van der Waals surface area contributed by atoms with E-state index in [0.717, 1.165) is 17.0 Å². The van der Waals surface area contributed by atoms with Gasteiger partial charge in [0, 0.05) is 27.5 Å². The molecule has 0 spiro atoms. The number of esters is 1. The highest BCUT2D eigenvalue weighted by atomic mass is 32.2. The average Bonchev–Trinajstić information content (AvgIpc) is 3.10. The molecule has 1 aliphatic rings. The van der Waals surface area contributed by atoms with Crippen LogP contribution in [0.4, 0.5) is 18.9 Å². The van der Waals surface area contributed by atoms with Crippen molar-refractivity contribution >= 4 is 35.1 Å². The standard InChI is InChI=1S/C24H19F3N2O4S/c1-13-8-18(14(2)29(13)17-5-3-4-16(10-17)24(25,26)27)20(30)11-33-23(32)15-6-7-21-19(9-15)28-22(31)12-34-21/h3-10H,11-12H2,1-2H3,(H,28,31). The zero-order valence-corrected chi connectivity index (χ0v) is 19.0. The number of rotatable bonds is 5. The van der Waals surface area contributed by atoms with Gasteiger partial charge in [-0.2, -0.15) is 13.2 Å². The summed E-state index contributed by atoms with van der Waals surface area (Å²) in [5.41, 5.74) is 1.42. The summed E-state index contributed by atoms with van der Waals surface area (Å²) in [6.45, 7) is 2.76. The van der Waals surface area contributed by atoms with Crippen LogP contribution in [0.3, 0.4) is 0 Å². The van der Waals surface area contributed by atoms with Gasteiger partial charge in [-0.25, -0.2) is 4.79 Å². The molecule has 0 saturated carbocycles. The number of benzene rings is 2. The van der Waals surface area contributed by atoms with E-state index in [1.54, 1.807) is 36.6 Å². The van der Waals surface area contributed by atoms with Gasteiger partial charge in [0.15, 0.2) is 6.61 Å². The number of ketones is 1. The number of aryl methyl sites for hydroxylation is 1. The number of alkyl halides is 3. The van der Waals surface area contributed by atoms with Crippen LogP contribution >= 0.6 is 11.8 Å². The van der Waals surface area contributed by atoms with Crippen molar-refractivity contribution in [2.45, 2.75) is 24.9 Å². The summed E-state index contributed by atoms with van der Waals surface area (Å²) in [6.07, 6.45) is -4.49. The number of nitrogens with one attached hydrogen (secondary N) is 1. The number of aromatic nitrogens is 1. The lowest BCUT2D eigenvalue weighted by atomic mass is 10.1. The summed E-state index contributed by atoms with van der Waals surface area (Å²) in [4.78, 5) is 37.6. The van der Waals surface area contributed by atoms with Crippen LogP contribution in [-0.2, 0) is 15.7 Å². The number of fused-ring (bicyclic) bond motifs is 1. The molecule has 2 heterocycles. The summed E-state index contributed by atoms with van der Waals surface area (Å²) in [5, 5.41) is 2.68. The maximum absolute atomic E-state index is 13.1. The highest BCUT2D eigenvalue weighted by Crippen LogP contribution is 2.33. The summed E-state index contributed by atoms with van der Waals surface area (Å²) in [6, 6.07) is 11.1. The molecular weight excluding hydrogens is 469 g/mol. The van der Waals surface area contributed by atoms with E-state index in [9.17, 15) is 27.6 Å². The second kappa shape index (κ2) is 9.02. The fourth-order valence-corrected chi connectivity index (χ4v) is 4.55. The monoisotopic (exact) mass is 488 g/mol. The third-order valence-corrected chi connectivity index (χ3v) is 6.42. The molecule has 1 aliphatic heterocycles. The molecule has 0 unspecified atom stereocenters. The molecular formula is C24H19F3N2O4S. The van der Waals surface area contributed by atoms with Crippen molar-refractivity contribution in [2.24, 2.45) is 0 Å². The number of amides is 1. The van der Waals surface area contributed by atoms with Crippen molar-refractivity contribution in [3.8, 4) is 5.69 Å². The first-order chi connectivity index (χ1) is 16.0. The van der Waals surface area contributed by atoms with Gasteiger partial charge >= 0.3 is 12.1 Å². The topological polar surface area (TPSA) is 77.4 Å². The van der Waals surface area contributed by atoms with E-state index in [0.29, 0.717) is 22.8 Å². The van der Waals surface area contributed by atoms with Gasteiger partial charge in [-0.05, 0) is 56.3 Å². The number of thioether (sulfide) groups is 1. The summed E-state index contributed by atoms with van der Waals surface area (Å²) in [5.74, 6) is -1.09. The molecule has 0 fully saturated rings. The number of carbonyl (C=O) groups is 3. The second-order valence-corrected chi connectivity index (χ2v) is 8.73. The number of Topliss-reactive ketones (excluding diaryl/α,β-unsaturated/α-hetero) is 1. The second-order valence-electron chi connectivity index (χ2n) is 7.72. The molecule has 1 amide bonds. The minimum absolute atomic E-state index is 0.172. The zero-order valence-electron chi connectivity index (χ0n) is 18.2. The highest BCUT2D eigenvalue weighted by Gasteiger charge is 2.31. The normalized spacial score (nSPS) is 13.3. The molecule has 0 aliphatic carbocycles. The Balaban J connectivity index is 1.50. The molecule has 176 valence electrons. The van der Waals surface area contributed by atoms with Gasteiger partial charge in [-0.15, -0.1) is 11.8 Å². The van der Waals surface area contributed by atoms with E-state index in [2.05, 4.69) is 5.32 Å². The van der Waals surface area contributed by atoms with Crippen LogP contribution in [0.15, 0.2) is 53.4 Å². The number of hydrogen-bond acceptors (Lipinski definition) is 5. The van der Waals surface area contributed by atoms with Gasteiger partial charge in [0.1, 0.15) is 0 Å². The molecule has 1 aromatic heterocycles. The zero-order chi connectivity index (χ0) is 24.6. The lowest BCUT2D eigenvalue weighted by Gasteiger charge is -2.16. The van der Waals surface area contributed by atoms with Crippen molar-refractivity contribution in [3.05, 3.63) is 76.6 Å². The van der Waals surface area contributed by atoms with Gasteiger partial charge in [-0.1, -0.05) is 6.07 Å². The van der Waals surface area contributed by atoms with Gasteiger partial charge < -0.3 is 14.6 Å². The van der Waals surface area contributed by atoms with Crippen LogP contribution in [0.25, 0.3) is 5.69 Å². The molecule has 0 bridgehead atoms. The van der Waals surface area contributed by atoms with Crippen LogP contribution in [0.2, 0.25) is 0 Å². The van der Waals surface area contributed by atoms with E-state index >= 15 is 0 Å². The Morgan fingerprint density at radius 3 is 2.62 bits per heavy atom. The molecule has 1 N–H and O–H groups in total. The van der Waals surface area contributed by atoms with Crippen LogP contribution in [0.1, 0.15) is 37.7 Å². The molecule has 4 rings (SSSR count). The predicted octanol–water partition coefficient (Wildman–Crippen LogP) is 5.20. The van der Waals surface area contributed by atoms with Crippen LogP contribution in [0, 0.1) is 13.8 Å². The van der Waals surface area contributed by atoms with Crippen molar-refractivity contribution in [2.75, 3.05) is 17.7 Å². The minimum Gasteiger partial charge on any atom is -0.454 e. The molecule has 10 heteroatoms. The van der Waals surface area contributed by atoms with Gasteiger partial charge in [0.2, 0.25) is 11.7 Å². The van der Waals surface area contributed by atoms with Gasteiger partial charge in [-0.3, -0.25) is 9.59 Å². The first-order valence-electron chi connectivity index (χ1n) is 10.2. The van der Waals surface area contributed by atoms with E-state index in [1.165, 1.54) is 30.0 Å². The molecule has 6 nitrogen and oxygen atoms in total. The first kappa shape index (κ1) is 23.6. The van der Waals surface area contributed by atoms with Crippen LogP contribution < -0.4 is 5.32 Å². The van der Waals surface area contributed by atoms with E-state index in [-0.39, 0.29) is 22.7 Å². The maximum atomic E-state index is 13.1. The van der Waals surface area contributed by atoms with E-state index in [4.69, 9.17) is 4.74 Å². The maximum Gasteiger partial charge on any atom is 0.416 e. The number of hydrogen-bond donors (Lipinski definition) is 1. The summed E-state index contributed by atoms with van der Waals surface area (Å²) in [7, 11) is 0. The Labute approximate surface area is 197 Å². The molecule has 34 heavy (non-hydrogen) atoms. The van der Waals surface area contributed by atoms with Crippen LogP contribution in [0.5, 0.6) is 0 Å². The van der Waals surface area contributed by atoms with Crippen molar-refractivity contribution < 1.29 is 32.3 Å². The Morgan fingerprint density at radius 1 is 1.12 bits per heavy atom. The molecule has 2 aromatic carbocycles. The smallest absolute Gasteiger partial charge is 0.416 e. The number of ether oxygens (including phenoxy) is 1. The highest BCUT2D eigenvalue weighted by molar-refractivity contribution is 8.00. The number of carbonyl (C=O) groups excluding carboxylic acids is 3. The van der Waals surface area contributed by atoms with Crippen LogP contribution in [-0.4, -0.2) is 34.6 Å². The Morgan fingerprint density at radius 2 is 1.88 bits per heavy atom. The number of anilines is 1. The van der Waals surface area contributed by atoms with E-state index < -0.39 is 30.1 Å². The summed E-state index contributed by atoms with van der Waals surface area (Å²) >= 11 is 1.36. The quantitative estimate of drug-likeness (QED) is 0.395. The number of nitrogens with zero attached hydrogens (tertiary/aromatic N) is 1. The lowest BCUT2D eigenvalue weighted by molar-refractivity contribution is -0.137. The number of halogens is 3. The average molecular weight is 488 g/mol. The molecule has 3 aromatic rings. The molecule has 0 atom stereocenters. The SMILES string of the molecule is Cc1cc(C(=O)COC(=O)c2ccc3c(c2)NC(=O)CS3)c(C)n1-c1cccc(C(F)(F)F)c1. The third-order valence-electron chi connectivity index (χ3n) is 5.35. The van der Waals surface area contributed by atoms with Gasteiger partial charge in [0.05, 0.1) is 22.6 Å². The fraction of sp³-hybridized carbons (Fsp3) is 0.208. The van der Waals surface area contributed by atoms with E-state index in [1.807, 2.05) is 0 Å². The Bertz CT molecular complexity index is 1310. The van der Waals surface area contributed by atoms with Crippen molar-refractivity contribution in [1.29, 1.82) is 0 Å². The largest absolute Gasteiger partial charge is 0.454 e. The first-order valence-corrected chi connectivity index (χ1v) is 11.2. The fourth-order valence-electron chi connectivity index (χ4n) is 3.77. The molecule has 0 saturated heterocycles. The van der Waals surface area contributed by atoms with Crippen molar-refractivity contribution in [3.63, 3.8) is 0 Å². The molecule has 0 radical (unpaired) electrons. The van der Waals surface area contributed by atoms with Crippen molar-refractivity contribution in [1.82, 2.24) is 4.57 Å². The Hall–Kier alpha value is -3.53.